The lowest BCUT2D eigenvalue weighted by Gasteiger charge is -2.11. The largest absolute Gasteiger partial charge is 0.465 e. The summed E-state index contributed by atoms with van der Waals surface area (Å²) in [6.07, 6.45) is 8.77. The maximum atomic E-state index is 11.4. The molecule has 1 unspecified atom stereocenters. The Morgan fingerprint density at radius 2 is 2.00 bits per heavy atom. The molecular formula is C19H24O2. The Kier molecular flexibility index (Phi) is 7.24. The van der Waals surface area contributed by atoms with Gasteiger partial charge in [-0.15, -0.1) is 0 Å². The van der Waals surface area contributed by atoms with Gasteiger partial charge in [0.25, 0.3) is 0 Å². The van der Waals surface area contributed by atoms with E-state index in [9.17, 15) is 4.79 Å². The molecule has 1 aromatic carbocycles. The van der Waals surface area contributed by atoms with Crippen LogP contribution in [-0.4, -0.2) is 13.1 Å². The summed E-state index contributed by atoms with van der Waals surface area (Å²) >= 11 is 0. The summed E-state index contributed by atoms with van der Waals surface area (Å²) in [5, 5.41) is 0. The third kappa shape index (κ3) is 6.26. The summed E-state index contributed by atoms with van der Waals surface area (Å²) < 4.78 is 4.69. The first-order valence-corrected chi connectivity index (χ1v) is 7.21. The Morgan fingerprint density at radius 1 is 1.33 bits per heavy atom. The van der Waals surface area contributed by atoms with Gasteiger partial charge in [-0.05, 0) is 42.9 Å². The van der Waals surface area contributed by atoms with Gasteiger partial charge in [0.2, 0.25) is 0 Å². The molecule has 0 radical (unpaired) electrons. The highest BCUT2D eigenvalue weighted by Gasteiger charge is 2.07. The number of carbonyl (C=O) groups is 1. The average Bonchev–Trinajstić information content (AvgIpc) is 2.50. The Labute approximate surface area is 127 Å². The summed E-state index contributed by atoms with van der Waals surface area (Å²) in [5.74, 6) is 0.280. The van der Waals surface area contributed by atoms with E-state index in [4.69, 9.17) is 4.74 Å². The highest BCUT2D eigenvalue weighted by molar-refractivity contribution is 5.89. The molecule has 1 atom stereocenters. The van der Waals surface area contributed by atoms with E-state index in [1.165, 1.54) is 12.7 Å². The minimum atomic E-state index is -0.292. The van der Waals surface area contributed by atoms with Crippen molar-refractivity contribution in [2.24, 2.45) is 5.92 Å². The predicted molar refractivity (Wildman–Crippen MR) is 88.4 cm³/mol. The quantitative estimate of drug-likeness (QED) is 0.509. The van der Waals surface area contributed by atoms with Crippen molar-refractivity contribution in [3.05, 3.63) is 72.4 Å². The van der Waals surface area contributed by atoms with Gasteiger partial charge in [0.15, 0.2) is 0 Å². The molecule has 0 heterocycles. The normalized spacial score (nSPS) is 12.1. The topological polar surface area (TPSA) is 26.3 Å². The molecule has 1 rings (SSSR count). The van der Waals surface area contributed by atoms with Crippen molar-refractivity contribution >= 4 is 5.97 Å². The van der Waals surface area contributed by atoms with Crippen LogP contribution in [0.2, 0.25) is 0 Å². The number of allylic oxidation sites excluding steroid dienone is 4. The minimum Gasteiger partial charge on any atom is -0.465 e. The molecular weight excluding hydrogens is 260 g/mol. The zero-order chi connectivity index (χ0) is 15.7. The molecule has 0 fully saturated rings. The van der Waals surface area contributed by atoms with Gasteiger partial charge in [-0.2, -0.15) is 0 Å². The highest BCUT2D eigenvalue weighted by atomic mass is 16.5. The molecule has 2 nitrogen and oxygen atoms in total. The smallest absolute Gasteiger partial charge is 0.337 e. The fourth-order valence-electron chi connectivity index (χ4n) is 2.12. The second-order valence-corrected chi connectivity index (χ2v) is 5.29. The lowest BCUT2D eigenvalue weighted by Crippen LogP contribution is -2.03. The van der Waals surface area contributed by atoms with Crippen molar-refractivity contribution in [2.45, 2.75) is 26.2 Å². The van der Waals surface area contributed by atoms with E-state index in [1.54, 1.807) is 6.08 Å². The molecule has 0 spiro atoms. The molecule has 0 saturated carbocycles. The number of benzene rings is 1. The molecule has 0 bridgehead atoms. The van der Waals surface area contributed by atoms with Gasteiger partial charge in [-0.25, -0.2) is 4.79 Å². The van der Waals surface area contributed by atoms with E-state index in [-0.39, 0.29) is 5.97 Å². The lowest BCUT2D eigenvalue weighted by molar-refractivity contribution is 0.0600. The van der Waals surface area contributed by atoms with Crippen molar-refractivity contribution < 1.29 is 9.53 Å². The van der Waals surface area contributed by atoms with Gasteiger partial charge in [0.1, 0.15) is 0 Å². The zero-order valence-corrected chi connectivity index (χ0v) is 13.0. The van der Waals surface area contributed by atoms with Crippen molar-refractivity contribution in [3.8, 4) is 0 Å². The van der Waals surface area contributed by atoms with Crippen LogP contribution in [0, 0.1) is 5.92 Å². The van der Waals surface area contributed by atoms with Crippen LogP contribution in [0.3, 0.4) is 0 Å². The highest BCUT2D eigenvalue weighted by Crippen LogP contribution is 2.17. The minimum absolute atomic E-state index is 0.292. The third-order valence-electron chi connectivity index (χ3n) is 3.39. The first kappa shape index (κ1) is 17.0. The number of hydrogen-bond acceptors (Lipinski definition) is 2. The molecule has 0 aliphatic heterocycles. The van der Waals surface area contributed by atoms with Crippen molar-refractivity contribution in [2.75, 3.05) is 7.11 Å². The van der Waals surface area contributed by atoms with E-state index in [2.05, 4.69) is 20.1 Å². The number of carbonyl (C=O) groups excluding carboxylic acids is 1. The van der Waals surface area contributed by atoms with Gasteiger partial charge < -0.3 is 4.74 Å². The van der Waals surface area contributed by atoms with E-state index in [0.717, 1.165) is 24.8 Å². The summed E-state index contributed by atoms with van der Waals surface area (Å²) in [7, 11) is 1.39. The van der Waals surface area contributed by atoms with Crippen LogP contribution in [-0.2, 0) is 11.2 Å². The molecule has 0 aliphatic rings. The van der Waals surface area contributed by atoms with Crippen molar-refractivity contribution in [1.29, 1.82) is 0 Å². The first-order chi connectivity index (χ1) is 10.1. The molecule has 0 amide bonds. The lowest BCUT2D eigenvalue weighted by atomic mass is 9.94. The van der Waals surface area contributed by atoms with E-state index < -0.39 is 0 Å². The number of esters is 1. The molecule has 21 heavy (non-hydrogen) atoms. The number of hydrogen-bond donors (Lipinski definition) is 0. The summed E-state index contributed by atoms with van der Waals surface area (Å²) in [6.45, 7) is 9.91. The maximum Gasteiger partial charge on any atom is 0.337 e. The van der Waals surface area contributed by atoms with Crippen molar-refractivity contribution in [3.63, 3.8) is 0 Å². The Morgan fingerprint density at radius 3 is 2.57 bits per heavy atom. The summed E-state index contributed by atoms with van der Waals surface area (Å²) in [4.78, 5) is 11.4. The first-order valence-electron chi connectivity index (χ1n) is 7.21. The molecule has 0 aromatic heterocycles. The second-order valence-electron chi connectivity index (χ2n) is 5.29. The zero-order valence-electron chi connectivity index (χ0n) is 13.0. The van der Waals surface area contributed by atoms with Gasteiger partial charge in [0, 0.05) is 0 Å². The van der Waals surface area contributed by atoms with Crippen LogP contribution in [0.4, 0.5) is 0 Å². The van der Waals surface area contributed by atoms with Crippen LogP contribution >= 0.6 is 0 Å². The number of rotatable bonds is 8. The van der Waals surface area contributed by atoms with Crippen LogP contribution in [0.15, 0.2) is 61.2 Å². The third-order valence-corrected chi connectivity index (χ3v) is 3.39. The van der Waals surface area contributed by atoms with E-state index in [0.29, 0.717) is 11.5 Å². The van der Waals surface area contributed by atoms with E-state index >= 15 is 0 Å². The fraction of sp³-hybridized carbons (Fsp3) is 0.316. The van der Waals surface area contributed by atoms with Crippen LogP contribution < -0.4 is 0 Å². The second kappa shape index (κ2) is 8.96. The molecule has 0 N–H and O–H groups in total. The number of methoxy groups -OCH3 is 1. The van der Waals surface area contributed by atoms with Gasteiger partial charge >= 0.3 is 5.97 Å². The monoisotopic (exact) mass is 284 g/mol. The van der Waals surface area contributed by atoms with Gasteiger partial charge in [-0.3, -0.25) is 0 Å². The van der Waals surface area contributed by atoms with Crippen LogP contribution in [0.25, 0.3) is 0 Å². The Bertz CT molecular complexity index is 509. The maximum absolute atomic E-state index is 11.4. The summed E-state index contributed by atoms with van der Waals surface area (Å²) in [5.41, 5.74) is 2.96. The molecule has 112 valence electrons. The average molecular weight is 284 g/mol. The van der Waals surface area contributed by atoms with Gasteiger partial charge in [0.05, 0.1) is 12.7 Å². The molecule has 2 heteroatoms. The summed E-state index contributed by atoms with van der Waals surface area (Å²) in [6, 6.07) is 7.63. The predicted octanol–water partition coefficient (Wildman–Crippen LogP) is 4.73. The molecule has 0 saturated heterocycles. The molecule has 0 aliphatic carbocycles. The van der Waals surface area contributed by atoms with Crippen LogP contribution in [0.1, 0.15) is 35.7 Å². The standard InChI is InChI=1S/C19H24O2/c1-5-6-7-15(2)8-9-16(3)14-17-10-12-18(13-11-17)19(20)21-4/h5-7,10-13,16H,1-2,8-9,14H2,3-4H3. The van der Waals surface area contributed by atoms with Crippen LogP contribution in [0.5, 0.6) is 0 Å². The fourth-order valence-corrected chi connectivity index (χ4v) is 2.12. The Hall–Kier alpha value is -2.09. The number of ether oxygens (including phenoxy) is 1. The van der Waals surface area contributed by atoms with Crippen molar-refractivity contribution in [1.82, 2.24) is 0 Å². The van der Waals surface area contributed by atoms with Gasteiger partial charge in [-0.1, -0.05) is 56.0 Å². The van der Waals surface area contributed by atoms with E-state index in [1.807, 2.05) is 36.4 Å². The Balaban J connectivity index is 2.45. The SMILES string of the molecule is C=CC=CC(=C)CCC(C)Cc1ccc(C(=O)OC)cc1. The molecule has 1 aromatic rings.